The molecule has 0 aliphatic carbocycles. The van der Waals surface area contributed by atoms with E-state index >= 15 is 0 Å². The van der Waals surface area contributed by atoms with Gasteiger partial charge in [0.1, 0.15) is 34.3 Å². The number of hydrogen-bond acceptors (Lipinski definition) is 6. The van der Waals surface area contributed by atoms with E-state index in [9.17, 15) is 4.79 Å². The van der Waals surface area contributed by atoms with E-state index in [4.69, 9.17) is 23.7 Å². The van der Waals surface area contributed by atoms with Gasteiger partial charge in [0.05, 0.1) is 40.9 Å². The number of methoxy groups -OCH3 is 5. The van der Waals surface area contributed by atoms with Crippen molar-refractivity contribution >= 4 is 19.4 Å². The predicted octanol–water partition coefficient (Wildman–Crippen LogP) is -0.00970. The second-order valence-corrected chi connectivity index (χ2v) is 6.10. The Hall–Kier alpha value is -1.86. The maximum absolute atomic E-state index is 13.0. The van der Waals surface area contributed by atoms with Gasteiger partial charge in [0.2, 0.25) is 0 Å². The van der Waals surface area contributed by atoms with Gasteiger partial charge in [-0.3, -0.25) is 4.79 Å². The SMILES string of the molecule is COc1cc(OC)c(PC(=O)c2c(OC)cccc2OC)c(OC)c1.[H-].[Li+]. The zero-order valence-electron chi connectivity index (χ0n) is 16.8. The van der Waals surface area contributed by atoms with Gasteiger partial charge >= 0.3 is 18.9 Å². The molecule has 1 atom stereocenters. The van der Waals surface area contributed by atoms with Crippen LogP contribution in [0.25, 0.3) is 0 Å². The van der Waals surface area contributed by atoms with Crippen LogP contribution in [0.15, 0.2) is 30.3 Å². The van der Waals surface area contributed by atoms with Crippen molar-refractivity contribution in [3.8, 4) is 28.7 Å². The van der Waals surface area contributed by atoms with Crippen molar-refractivity contribution in [2.24, 2.45) is 0 Å². The average Bonchev–Trinajstić information content (AvgIpc) is 2.66. The minimum absolute atomic E-state index is 0. The molecule has 1 unspecified atom stereocenters. The Morgan fingerprint density at radius 3 is 1.65 bits per heavy atom. The Labute approximate surface area is 168 Å². The maximum atomic E-state index is 13.0. The van der Waals surface area contributed by atoms with Crippen LogP contribution in [0.3, 0.4) is 0 Å². The molecular formula is C18H22LiO6P. The number of benzene rings is 2. The van der Waals surface area contributed by atoms with Crippen LogP contribution in [0, 0.1) is 0 Å². The van der Waals surface area contributed by atoms with Crippen LogP contribution >= 0.6 is 8.58 Å². The van der Waals surface area contributed by atoms with Crippen molar-refractivity contribution in [1.29, 1.82) is 0 Å². The van der Waals surface area contributed by atoms with Gasteiger partial charge in [0.25, 0.3) is 0 Å². The summed E-state index contributed by atoms with van der Waals surface area (Å²) in [6, 6.07) is 8.66. The second-order valence-electron chi connectivity index (χ2n) is 4.90. The fourth-order valence-corrected chi connectivity index (χ4v) is 3.57. The molecule has 0 saturated heterocycles. The zero-order chi connectivity index (χ0) is 18.4. The van der Waals surface area contributed by atoms with Crippen LogP contribution in [0.4, 0.5) is 0 Å². The molecule has 0 N–H and O–H groups in total. The van der Waals surface area contributed by atoms with Crippen LogP contribution < -0.4 is 47.8 Å². The number of carbonyl (C=O) groups is 1. The molecule has 8 heteroatoms. The largest absolute Gasteiger partial charge is 1.00 e. The number of carbonyl (C=O) groups excluding carboxylic acids is 1. The van der Waals surface area contributed by atoms with Gasteiger partial charge in [0.15, 0.2) is 5.52 Å². The predicted molar refractivity (Wildman–Crippen MR) is 99.0 cm³/mol. The normalized spacial score (nSPS) is 10.2. The number of hydrogen-bond donors (Lipinski definition) is 0. The first-order valence-electron chi connectivity index (χ1n) is 7.41. The minimum Gasteiger partial charge on any atom is -1.00 e. The molecule has 2 aromatic carbocycles. The molecule has 26 heavy (non-hydrogen) atoms. The van der Waals surface area contributed by atoms with Gasteiger partial charge in [-0.2, -0.15) is 0 Å². The summed E-state index contributed by atoms with van der Waals surface area (Å²) in [5.74, 6) is 2.56. The summed E-state index contributed by atoms with van der Waals surface area (Å²) in [5, 5.41) is 0.656. The molecule has 0 bridgehead atoms. The molecule has 2 rings (SSSR count). The van der Waals surface area contributed by atoms with Crippen molar-refractivity contribution in [2.75, 3.05) is 35.5 Å². The summed E-state index contributed by atoms with van der Waals surface area (Å²) < 4.78 is 26.7. The van der Waals surface area contributed by atoms with Gasteiger partial charge < -0.3 is 25.1 Å². The Balaban J connectivity index is 0.00000338. The molecule has 0 aromatic heterocycles. The summed E-state index contributed by atoms with van der Waals surface area (Å²) in [5.41, 5.74) is 0.252. The first-order valence-corrected chi connectivity index (χ1v) is 8.41. The monoisotopic (exact) mass is 372 g/mol. The molecule has 0 amide bonds. The van der Waals surface area contributed by atoms with E-state index in [0.717, 1.165) is 0 Å². The molecule has 0 saturated carbocycles. The second kappa shape index (κ2) is 10.3. The first-order chi connectivity index (χ1) is 12.1. The van der Waals surface area contributed by atoms with E-state index in [-0.39, 0.29) is 34.4 Å². The maximum Gasteiger partial charge on any atom is 1.00 e. The standard InChI is InChI=1S/C18H21O6P.Li.H/c1-20-11-9-14(23-4)17(15(10-11)24-5)25-18(19)16-12(21-2)7-6-8-13(16)22-3;;/h6-10,25H,1-5H3;;/q;+1;-1. The molecule has 0 spiro atoms. The summed E-state index contributed by atoms with van der Waals surface area (Å²) in [7, 11) is 7.43. The van der Waals surface area contributed by atoms with Crippen molar-refractivity contribution in [3.05, 3.63) is 35.9 Å². The van der Waals surface area contributed by atoms with Crippen LogP contribution in [0.5, 0.6) is 28.7 Å². The molecule has 0 aliphatic heterocycles. The van der Waals surface area contributed by atoms with Crippen LogP contribution in [0.2, 0.25) is 0 Å². The molecule has 0 radical (unpaired) electrons. The van der Waals surface area contributed by atoms with Gasteiger partial charge in [-0.1, -0.05) is 6.07 Å². The van der Waals surface area contributed by atoms with Gasteiger partial charge in [0, 0.05) is 12.1 Å². The average molecular weight is 372 g/mol. The zero-order valence-corrected chi connectivity index (χ0v) is 16.8. The summed E-state index contributed by atoms with van der Waals surface area (Å²) in [4.78, 5) is 13.0. The van der Waals surface area contributed by atoms with E-state index in [1.165, 1.54) is 28.4 Å². The van der Waals surface area contributed by atoms with Crippen LogP contribution in [-0.2, 0) is 0 Å². The Morgan fingerprint density at radius 1 is 0.808 bits per heavy atom. The summed E-state index contributed by atoms with van der Waals surface area (Å²) >= 11 is 0. The molecule has 0 fully saturated rings. The molecule has 6 nitrogen and oxygen atoms in total. The van der Waals surface area contributed by atoms with Crippen molar-refractivity contribution in [2.45, 2.75) is 0 Å². The summed E-state index contributed by atoms with van der Waals surface area (Å²) in [6.07, 6.45) is 0. The van der Waals surface area contributed by atoms with E-state index in [1.54, 1.807) is 37.4 Å². The van der Waals surface area contributed by atoms with E-state index in [2.05, 4.69) is 0 Å². The fourth-order valence-electron chi connectivity index (χ4n) is 2.38. The van der Waals surface area contributed by atoms with Gasteiger partial charge in [-0.05, 0) is 20.7 Å². The third-order valence-corrected chi connectivity index (χ3v) is 4.83. The first kappa shape index (κ1) is 22.2. The molecule has 136 valence electrons. The van der Waals surface area contributed by atoms with Crippen molar-refractivity contribution in [1.82, 2.24) is 0 Å². The molecule has 0 aliphatic rings. The van der Waals surface area contributed by atoms with Gasteiger partial charge in [-0.15, -0.1) is 0 Å². The number of ether oxygens (including phenoxy) is 5. The van der Waals surface area contributed by atoms with Crippen LogP contribution in [0.1, 0.15) is 11.8 Å². The molecule has 2 aromatic rings. The van der Waals surface area contributed by atoms with Crippen molar-refractivity contribution in [3.63, 3.8) is 0 Å². The van der Waals surface area contributed by atoms with Crippen molar-refractivity contribution < 1.29 is 48.8 Å². The Kier molecular flexibility index (Phi) is 8.81. The minimum atomic E-state index is -0.241. The topological polar surface area (TPSA) is 63.2 Å². The Morgan fingerprint density at radius 2 is 1.27 bits per heavy atom. The third kappa shape index (κ3) is 4.65. The third-order valence-electron chi connectivity index (χ3n) is 3.61. The Bertz CT molecular complexity index is 724. The quantitative estimate of drug-likeness (QED) is 0.480. The van der Waals surface area contributed by atoms with Gasteiger partial charge in [-0.25, -0.2) is 0 Å². The van der Waals surface area contributed by atoms with E-state index in [1.807, 2.05) is 0 Å². The van der Waals surface area contributed by atoms with E-state index < -0.39 is 0 Å². The fraction of sp³-hybridized carbons (Fsp3) is 0.278. The smallest absolute Gasteiger partial charge is 1.00 e. The molecule has 0 heterocycles. The summed E-state index contributed by atoms with van der Waals surface area (Å²) in [6.45, 7) is 0. The number of rotatable bonds is 8. The van der Waals surface area contributed by atoms with Crippen LogP contribution in [-0.4, -0.2) is 41.1 Å². The van der Waals surface area contributed by atoms with E-state index in [0.29, 0.717) is 39.6 Å². The molecular weight excluding hydrogens is 350 g/mol.